The molecule has 1 aromatic carbocycles. The highest BCUT2D eigenvalue weighted by Crippen LogP contribution is 2.22. The van der Waals surface area contributed by atoms with Crippen LogP contribution in [0.1, 0.15) is 19.3 Å². The van der Waals surface area contributed by atoms with Gasteiger partial charge in [0.2, 0.25) is 0 Å². The van der Waals surface area contributed by atoms with Crippen LogP contribution in [-0.2, 0) is 0 Å². The number of thioether (sulfide) groups is 1. The van der Waals surface area contributed by atoms with Gasteiger partial charge in [0.15, 0.2) is 0 Å². The van der Waals surface area contributed by atoms with Crippen LogP contribution in [0.2, 0.25) is 0 Å². The Hall–Kier alpha value is -0.460. The number of halogens is 1. The van der Waals surface area contributed by atoms with Gasteiger partial charge in [-0.15, -0.1) is 11.8 Å². The van der Waals surface area contributed by atoms with Gasteiger partial charge in [-0.3, -0.25) is 0 Å². The monoisotopic (exact) mass is 269 g/mol. The number of hydrogen-bond donors (Lipinski definition) is 0. The first-order chi connectivity index (χ1) is 6.83. The Kier molecular flexibility index (Phi) is 5.74. The van der Waals surface area contributed by atoms with Crippen molar-refractivity contribution in [3.63, 3.8) is 0 Å². The molecule has 1 aromatic rings. The Bertz CT molecular complexity index is 319. The van der Waals surface area contributed by atoms with E-state index in [0.717, 1.165) is 23.1 Å². The zero-order valence-corrected chi connectivity index (χ0v) is 10.3. The minimum absolute atomic E-state index is 0.680. The van der Waals surface area contributed by atoms with E-state index < -0.39 is 0 Å². The maximum Gasteiger partial charge on any atom is 0.0621 e. The summed E-state index contributed by atoms with van der Waals surface area (Å²) >= 11 is 5.29. The summed E-state index contributed by atoms with van der Waals surface area (Å²) in [6, 6.07) is 10.5. The molecule has 0 N–H and O–H groups in total. The summed E-state index contributed by atoms with van der Waals surface area (Å²) in [5, 5.41) is 8.36. The van der Waals surface area contributed by atoms with Crippen molar-refractivity contribution in [1.29, 1.82) is 5.26 Å². The van der Waals surface area contributed by atoms with Crippen LogP contribution in [0.3, 0.4) is 0 Å². The Morgan fingerprint density at radius 3 is 2.93 bits per heavy atom. The molecule has 0 aliphatic carbocycles. The lowest BCUT2D eigenvalue weighted by molar-refractivity contribution is 0.830. The lowest BCUT2D eigenvalue weighted by Crippen LogP contribution is -1.80. The lowest BCUT2D eigenvalue weighted by Gasteiger charge is -2.00. The predicted molar refractivity (Wildman–Crippen MR) is 64.3 cm³/mol. The van der Waals surface area contributed by atoms with E-state index in [1.54, 1.807) is 0 Å². The molecule has 74 valence electrons. The summed E-state index contributed by atoms with van der Waals surface area (Å²) in [4.78, 5) is 1.29. The highest BCUT2D eigenvalue weighted by molar-refractivity contribution is 9.10. The van der Waals surface area contributed by atoms with Crippen LogP contribution in [0.5, 0.6) is 0 Å². The summed E-state index contributed by atoms with van der Waals surface area (Å²) in [6.45, 7) is 0. The molecule has 0 atom stereocenters. The van der Waals surface area contributed by atoms with Crippen LogP contribution in [0.15, 0.2) is 33.6 Å². The first-order valence-corrected chi connectivity index (χ1v) is 6.36. The van der Waals surface area contributed by atoms with E-state index in [9.17, 15) is 0 Å². The smallest absolute Gasteiger partial charge is 0.0621 e. The second kappa shape index (κ2) is 6.92. The topological polar surface area (TPSA) is 23.8 Å². The van der Waals surface area contributed by atoms with Crippen LogP contribution >= 0.6 is 27.7 Å². The Morgan fingerprint density at radius 2 is 2.21 bits per heavy atom. The third-order valence-corrected chi connectivity index (χ3v) is 3.32. The van der Waals surface area contributed by atoms with Gasteiger partial charge < -0.3 is 0 Å². The Labute approximate surface area is 97.6 Å². The largest absolute Gasteiger partial charge is 0.198 e. The molecule has 0 unspecified atom stereocenters. The number of rotatable bonds is 5. The highest BCUT2D eigenvalue weighted by Gasteiger charge is 1.94. The van der Waals surface area contributed by atoms with Crippen LogP contribution in [0, 0.1) is 11.3 Å². The van der Waals surface area contributed by atoms with Crippen LogP contribution in [0.4, 0.5) is 0 Å². The van der Waals surface area contributed by atoms with Gasteiger partial charge in [-0.05, 0) is 36.8 Å². The first-order valence-electron chi connectivity index (χ1n) is 4.58. The van der Waals surface area contributed by atoms with Crippen molar-refractivity contribution in [3.8, 4) is 6.07 Å². The van der Waals surface area contributed by atoms with Crippen molar-refractivity contribution in [3.05, 3.63) is 28.7 Å². The Morgan fingerprint density at radius 1 is 1.36 bits per heavy atom. The van der Waals surface area contributed by atoms with E-state index in [1.165, 1.54) is 4.90 Å². The number of benzene rings is 1. The molecule has 0 amide bonds. The first kappa shape index (κ1) is 11.6. The van der Waals surface area contributed by atoms with E-state index in [-0.39, 0.29) is 0 Å². The molecular weight excluding hydrogens is 258 g/mol. The molecule has 1 rings (SSSR count). The standard InChI is InChI=1S/C11H12BrNS/c12-10-5-4-6-11(9-10)14-8-3-1-2-7-13/h4-6,9H,1-3,8H2. The zero-order chi connectivity index (χ0) is 10.2. The average Bonchev–Trinajstić information content (AvgIpc) is 2.18. The van der Waals surface area contributed by atoms with Gasteiger partial charge in [0, 0.05) is 15.8 Å². The van der Waals surface area contributed by atoms with Crippen molar-refractivity contribution in [2.45, 2.75) is 24.2 Å². The fourth-order valence-electron chi connectivity index (χ4n) is 1.05. The summed E-state index contributed by atoms with van der Waals surface area (Å²) in [7, 11) is 0. The number of hydrogen-bond acceptors (Lipinski definition) is 2. The molecule has 0 bridgehead atoms. The van der Waals surface area contributed by atoms with Crippen molar-refractivity contribution in [2.75, 3.05) is 5.75 Å². The number of unbranched alkanes of at least 4 members (excludes halogenated alkanes) is 2. The average molecular weight is 270 g/mol. The summed E-state index contributed by atoms with van der Waals surface area (Å²) in [5.74, 6) is 1.10. The fourth-order valence-corrected chi connectivity index (χ4v) is 2.57. The lowest BCUT2D eigenvalue weighted by atomic mass is 10.3. The van der Waals surface area contributed by atoms with Gasteiger partial charge in [0.05, 0.1) is 6.07 Å². The molecule has 14 heavy (non-hydrogen) atoms. The maximum absolute atomic E-state index is 8.36. The van der Waals surface area contributed by atoms with Gasteiger partial charge in [-0.1, -0.05) is 22.0 Å². The van der Waals surface area contributed by atoms with E-state index in [0.29, 0.717) is 6.42 Å². The molecule has 0 saturated carbocycles. The molecule has 0 aliphatic rings. The molecular formula is C11H12BrNS. The molecule has 0 saturated heterocycles. The van der Waals surface area contributed by atoms with Crippen molar-refractivity contribution >= 4 is 27.7 Å². The quantitative estimate of drug-likeness (QED) is 0.590. The van der Waals surface area contributed by atoms with E-state index in [4.69, 9.17) is 5.26 Å². The highest BCUT2D eigenvalue weighted by atomic mass is 79.9. The molecule has 3 heteroatoms. The molecule has 1 nitrogen and oxygen atoms in total. The van der Waals surface area contributed by atoms with Crippen LogP contribution < -0.4 is 0 Å². The molecule has 0 radical (unpaired) electrons. The van der Waals surface area contributed by atoms with Crippen molar-refractivity contribution < 1.29 is 0 Å². The third kappa shape index (κ3) is 4.69. The fraction of sp³-hybridized carbons (Fsp3) is 0.364. The SMILES string of the molecule is N#CCCCCSc1cccc(Br)c1. The second-order valence-corrected chi connectivity index (χ2v) is 5.01. The summed E-state index contributed by atoms with van der Waals surface area (Å²) in [5.41, 5.74) is 0. The molecule has 0 fully saturated rings. The van der Waals surface area contributed by atoms with E-state index in [1.807, 2.05) is 23.9 Å². The van der Waals surface area contributed by atoms with E-state index >= 15 is 0 Å². The van der Waals surface area contributed by atoms with Gasteiger partial charge in [0.25, 0.3) is 0 Å². The van der Waals surface area contributed by atoms with Crippen LogP contribution in [0.25, 0.3) is 0 Å². The maximum atomic E-state index is 8.36. The summed E-state index contributed by atoms with van der Waals surface area (Å²) < 4.78 is 1.12. The second-order valence-electron chi connectivity index (χ2n) is 2.92. The third-order valence-electron chi connectivity index (χ3n) is 1.75. The van der Waals surface area contributed by atoms with Crippen molar-refractivity contribution in [1.82, 2.24) is 0 Å². The zero-order valence-electron chi connectivity index (χ0n) is 7.87. The molecule has 0 heterocycles. The minimum Gasteiger partial charge on any atom is -0.198 e. The molecule has 0 spiro atoms. The number of nitriles is 1. The van der Waals surface area contributed by atoms with Gasteiger partial charge in [-0.2, -0.15) is 5.26 Å². The predicted octanol–water partition coefficient (Wildman–Crippen LogP) is 4.24. The number of nitrogens with zero attached hydrogens (tertiary/aromatic N) is 1. The van der Waals surface area contributed by atoms with Crippen molar-refractivity contribution in [2.24, 2.45) is 0 Å². The van der Waals surface area contributed by atoms with Gasteiger partial charge >= 0.3 is 0 Å². The molecule has 0 aliphatic heterocycles. The van der Waals surface area contributed by atoms with Gasteiger partial charge in [-0.25, -0.2) is 0 Å². The minimum atomic E-state index is 0.680. The van der Waals surface area contributed by atoms with Crippen LogP contribution in [-0.4, -0.2) is 5.75 Å². The normalized spacial score (nSPS) is 9.71. The van der Waals surface area contributed by atoms with Gasteiger partial charge in [0.1, 0.15) is 0 Å². The van der Waals surface area contributed by atoms with E-state index in [2.05, 4.69) is 34.1 Å². The summed E-state index contributed by atoms with van der Waals surface area (Å²) in [6.07, 6.45) is 2.81. The Balaban J connectivity index is 2.22. The molecule has 0 aromatic heterocycles.